The third kappa shape index (κ3) is 4.99. The van der Waals surface area contributed by atoms with E-state index >= 15 is 0 Å². The number of carboxylic acids is 1. The molecule has 1 aliphatic carbocycles. The number of hydrogen-bond donors (Lipinski definition) is 2. The van der Waals surface area contributed by atoms with Crippen LogP contribution in [0.2, 0.25) is 0 Å². The van der Waals surface area contributed by atoms with Crippen molar-refractivity contribution in [1.29, 1.82) is 0 Å². The van der Waals surface area contributed by atoms with Gasteiger partial charge in [0.1, 0.15) is 0 Å². The van der Waals surface area contributed by atoms with Crippen LogP contribution in [0, 0.1) is 5.92 Å². The van der Waals surface area contributed by atoms with Gasteiger partial charge in [-0.2, -0.15) is 0 Å². The number of aromatic nitrogens is 2. The van der Waals surface area contributed by atoms with Gasteiger partial charge in [0.05, 0.1) is 0 Å². The second kappa shape index (κ2) is 8.86. The summed E-state index contributed by atoms with van der Waals surface area (Å²) in [4.78, 5) is 19.7. The minimum absolute atomic E-state index is 0.306. The maximum absolute atomic E-state index is 10.9. The van der Waals surface area contributed by atoms with E-state index in [1.165, 1.54) is 5.56 Å². The molecule has 148 valence electrons. The van der Waals surface area contributed by atoms with Crippen LogP contribution in [0.4, 0.5) is 11.6 Å². The Balaban J connectivity index is 1.37. The molecule has 29 heavy (non-hydrogen) atoms. The summed E-state index contributed by atoms with van der Waals surface area (Å²) in [7, 11) is 0. The molecule has 0 saturated heterocycles. The molecule has 1 aliphatic rings. The highest BCUT2D eigenvalue weighted by molar-refractivity contribution is 5.67. The van der Waals surface area contributed by atoms with Gasteiger partial charge in [0.15, 0.2) is 0 Å². The van der Waals surface area contributed by atoms with Gasteiger partial charge in [-0.05, 0) is 60.8 Å². The van der Waals surface area contributed by atoms with E-state index in [1.54, 1.807) is 0 Å². The highest BCUT2D eigenvalue weighted by Crippen LogP contribution is 2.37. The molecule has 2 N–H and O–H groups in total. The lowest BCUT2D eigenvalue weighted by Gasteiger charge is -2.28. The van der Waals surface area contributed by atoms with Gasteiger partial charge in [0.2, 0.25) is 5.95 Å². The average Bonchev–Trinajstić information content (AvgIpc) is 2.75. The van der Waals surface area contributed by atoms with Crippen molar-refractivity contribution < 1.29 is 9.90 Å². The Morgan fingerprint density at radius 2 is 1.55 bits per heavy atom. The number of nitrogens with zero attached hydrogens (tertiary/aromatic N) is 2. The number of aliphatic carboxylic acids is 1. The highest BCUT2D eigenvalue weighted by atomic mass is 16.4. The molecule has 0 aliphatic heterocycles. The minimum atomic E-state index is -0.676. The second-order valence-corrected chi connectivity index (χ2v) is 7.72. The number of rotatable bonds is 6. The van der Waals surface area contributed by atoms with Gasteiger partial charge in [-0.25, -0.2) is 9.97 Å². The van der Waals surface area contributed by atoms with Gasteiger partial charge in [-0.3, -0.25) is 4.79 Å². The molecule has 0 spiro atoms. The SMILES string of the molecule is O=C(O)CC1CCC(c2ccc(-c3cnc(Nc4ccccc4)nc3)cc2)CC1. The molecule has 3 aromatic rings. The molecule has 5 nitrogen and oxygen atoms in total. The minimum Gasteiger partial charge on any atom is -0.481 e. The number of carboxylic acid groups (broad SMARTS) is 1. The van der Waals surface area contributed by atoms with Crippen molar-refractivity contribution in [1.82, 2.24) is 9.97 Å². The molecule has 1 fully saturated rings. The molecule has 2 aromatic carbocycles. The van der Waals surface area contributed by atoms with Crippen molar-refractivity contribution in [3.63, 3.8) is 0 Å². The van der Waals surface area contributed by atoms with Gasteiger partial charge in [0.25, 0.3) is 0 Å². The summed E-state index contributed by atoms with van der Waals surface area (Å²) >= 11 is 0. The quantitative estimate of drug-likeness (QED) is 0.573. The van der Waals surface area contributed by atoms with Crippen LogP contribution >= 0.6 is 0 Å². The van der Waals surface area contributed by atoms with E-state index in [0.717, 1.165) is 42.5 Å². The molecular formula is C24H25N3O2. The van der Waals surface area contributed by atoms with Crippen LogP contribution in [0.1, 0.15) is 43.6 Å². The highest BCUT2D eigenvalue weighted by Gasteiger charge is 2.23. The van der Waals surface area contributed by atoms with Gasteiger partial charge >= 0.3 is 5.97 Å². The molecule has 0 atom stereocenters. The third-order valence-electron chi connectivity index (χ3n) is 5.71. The fourth-order valence-electron chi connectivity index (χ4n) is 4.09. The molecule has 0 radical (unpaired) electrons. The average molecular weight is 387 g/mol. The zero-order valence-corrected chi connectivity index (χ0v) is 16.3. The summed E-state index contributed by atoms with van der Waals surface area (Å²) in [5.41, 5.74) is 4.38. The molecular weight excluding hydrogens is 362 g/mol. The van der Waals surface area contributed by atoms with Crippen molar-refractivity contribution in [2.45, 2.75) is 38.0 Å². The maximum atomic E-state index is 10.9. The smallest absolute Gasteiger partial charge is 0.303 e. The van der Waals surface area contributed by atoms with Gasteiger partial charge in [0, 0.05) is 30.1 Å². The largest absolute Gasteiger partial charge is 0.481 e. The molecule has 0 unspecified atom stereocenters. The number of hydrogen-bond acceptors (Lipinski definition) is 4. The molecule has 1 aromatic heterocycles. The Morgan fingerprint density at radius 3 is 2.17 bits per heavy atom. The Morgan fingerprint density at radius 1 is 0.897 bits per heavy atom. The van der Waals surface area contributed by atoms with Crippen LogP contribution in [-0.2, 0) is 4.79 Å². The van der Waals surface area contributed by atoms with Crippen LogP contribution in [0.5, 0.6) is 0 Å². The molecule has 0 bridgehead atoms. The number of benzene rings is 2. The van der Waals surface area contributed by atoms with E-state index in [1.807, 2.05) is 42.7 Å². The monoisotopic (exact) mass is 387 g/mol. The van der Waals surface area contributed by atoms with E-state index in [9.17, 15) is 4.79 Å². The summed E-state index contributed by atoms with van der Waals surface area (Å²) < 4.78 is 0. The zero-order chi connectivity index (χ0) is 20.1. The van der Waals surface area contributed by atoms with Crippen molar-refractivity contribution in [2.24, 2.45) is 5.92 Å². The third-order valence-corrected chi connectivity index (χ3v) is 5.71. The van der Waals surface area contributed by atoms with E-state index in [0.29, 0.717) is 24.2 Å². The first-order valence-corrected chi connectivity index (χ1v) is 10.1. The summed E-state index contributed by atoms with van der Waals surface area (Å²) in [5.74, 6) is 0.769. The van der Waals surface area contributed by atoms with Crippen LogP contribution in [-0.4, -0.2) is 21.0 Å². The number of carbonyl (C=O) groups is 1. The van der Waals surface area contributed by atoms with E-state index in [2.05, 4.69) is 39.6 Å². The second-order valence-electron chi connectivity index (χ2n) is 7.72. The first-order chi connectivity index (χ1) is 14.2. The van der Waals surface area contributed by atoms with Gasteiger partial charge in [-0.1, -0.05) is 42.5 Å². The van der Waals surface area contributed by atoms with Crippen LogP contribution in [0.15, 0.2) is 67.0 Å². The lowest BCUT2D eigenvalue weighted by Crippen LogP contribution is -2.16. The predicted molar refractivity (Wildman–Crippen MR) is 114 cm³/mol. The van der Waals surface area contributed by atoms with E-state index in [-0.39, 0.29) is 0 Å². The first-order valence-electron chi connectivity index (χ1n) is 10.1. The molecule has 5 heteroatoms. The fraction of sp³-hybridized carbons (Fsp3) is 0.292. The number of anilines is 2. The standard InChI is InChI=1S/C24H25N3O2/c28-23(29)14-17-6-8-18(9-7-17)19-10-12-20(13-11-19)21-15-25-24(26-16-21)27-22-4-2-1-3-5-22/h1-5,10-13,15-18H,6-9,14H2,(H,28,29)(H,25,26,27). The maximum Gasteiger partial charge on any atom is 0.303 e. The summed E-state index contributed by atoms with van der Waals surface area (Å²) in [6.45, 7) is 0. The predicted octanol–water partition coefficient (Wildman–Crippen LogP) is 5.64. The normalized spacial score (nSPS) is 18.9. The molecule has 4 rings (SSSR count). The van der Waals surface area contributed by atoms with E-state index < -0.39 is 5.97 Å². The fourth-order valence-corrected chi connectivity index (χ4v) is 4.09. The number of nitrogens with one attached hydrogen (secondary N) is 1. The summed E-state index contributed by atoms with van der Waals surface area (Å²) in [6.07, 6.45) is 8.13. The Kier molecular flexibility index (Phi) is 5.84. The van der Waals surface area contributed by atoms with Crippen molar-refractivity contribution >= 4 is 17.6 Å². The van der Waals surface area contributed by atoms with Gasteiger partial charge in [-0.15, -0.1) is 0 Å². The Hall–Kier alpha value is -3.21. The van der Waals surface area contributed by atoms with Crippen LogP contribution in [0.3, 0.4) is 0 Å². The molecule has 1 saturated carbocycles. The molecule has 1 heterocycles. The summed E-state index contributed by atoms with van der Waals surface area (Å²) in [6, 6.07) is 18.5. The first kappa shape index (κ1) is 19.1. The lowest BCUT2D eigenvalue weighted by atomic mass is 9.77. The Bertz CT molecular complexity index is 932. The van der Waals surface area contributed by atoms with E-state index in [4.69, 9.17) is 5.11 Å². The van der Waals surface area contributed by atoms with Crippen molar-refractivity contribution in [2.75, 3.05) is 5.32 Å². The zero-order valence-electron chi connectivity index (χ0n) is 16.3. The van der Waals surface area contributed by atoms with Crippen LogP contribution < -0.4 is 5.32 Å². The lowest BCUT2D eigenvalue weighted by molar-refractivity contribution is -0.138. The Labute approximate surface area is 170 Å². The summed E-state index contributed by atoms with van der Waals surface area (Å²) in [5, 5.41) is 12.2. The van der Waals surface area contributed by atoms with Crippen molar-refractivity contribution in [3.05, 3.63) is 72.6 Å². The van der Waals surface area contributed by atoms with Crippen LogP contribution in [0.25, 0.3) is 11.1 Å². The van der Waals surface area contributed by atoms with Crippen molar-refractivity contribution in [3.8, 4) is 11.1 Å². The van der Waals surface area contributed by atoms with Gasteiger partial charge < -0.3 is 10.4 Å². The topological polar surface area (TPSA) is 75.1 Å². The molecule has 0 amide bonds. The number of para-hydroxylation sites is 1.